The van der Waals surface area contributed by atoms with Gasteiger partial charge in [0.25, 0.3) is 0 Å². The number of nitrogens with one attached hydrogen (secondary N) is 1. The van der Waals surface area contributed by atoms with E-state index in [1.54, 1.807) is 18.9 Å². The van der Waals surface area contributed by atoms with Crippen molar-refractivity contribution in [2.75, 3.05) is 20.8 Å². The van der Waals surface area contributed by atoms with Crippen LogP contribution in [0.3, 0.4) is 0 Å². The zero-order chi connectivity index (χ0) is 23.1. The van der Waals surface area contributed by atoms with Crippen molar-refractivity contribution < 1.29 is 14.3 Å². The third kappa shape index (κ3) is 6.11. The number of carbonyl (C=O) groups is 1. The molecule has 1 heterocycles. The van der Waals surface area contributed by atoms with Gasteiger partial charge in [-0.2, -0.15) is 5.10 Å². The standard InChI is InChI=1S/C25H32N4O3/c1-18(2)29(16-19-14-26-28(3)15-19)17-24(30)27-25(20-6-10-22(31-4)11-7-20)21-8-12-23(32-5)13-9-21/h6-15,18,25H,16-17H2,1-5H3,(H,27,30). The van der Waals surface area contributed by atoms with Crippen molar-refractivity contribution in [3.8, 4) is 11.5 Å². The lowest BCUT2D eigenvalue weighted by atomic mass is 9.98. The van der Waals surface area contributed by atoms with Crippen LogP contribution in [-0.2, 0) is 18.4 Å². The number of aryl methyl sites for hydroxylation is 1. The van der Waals surface area contributed by atoms with E-state index in [1.807, 2.05) is 68.0 Å². The Hall–Kier alpha value is -3.32. The second kappa shape index (κ2) is 10.8. The van der Waals surface area contributed by atoms with E-state index < -0.39 is 0 Å². The molecule has 0 aliphatic heterocycles. The van der Waals surface area contributed by atoms with Gasteiger partial charge in [-0.05, 0) is 49.2 Å². The van der Waals surface area contributed by atoms with E-state index in [9.17, 15) is 4.79 Å². The minimum atomic E-state index is -0.285. The number of nitrogens with zero attached hydrogens (tertiary/aromatic N) is 3. The number of aromatic nitrogens is 2. The minimum Gasteiger partial charge on any atom is -0.497 e. The summed E-state index contributed by atoms with van der Waals surface area (Å²) in [4.78, 5) is 15.3. The van der Waals surface area contributed by atoms with Gasteiger partial charge in [-0.1, -0.05) is 24.3 Å². The summed E-state index contributed by atoms with van der Waals surface area (Å²) >= 11 is 0. The molecule has 0 saturated carbocycles. The van der Waals surface area contributed by atoms with Gasteiger partial charge in [-0.15, -0.1) is 0 Å². The maximum absolute atomic E-state index is 13.1. The van der Waals surface area contributed by atoms with Crippen molar-refractivity contribution in [3.63, 3.8) is 0 Å². The van der Waals surface area contributed by atoms with Gasteiger partial charge in [0.1, 0.15) is 11.5 Å². The molecular formula is C25H32N4O3. The van der Waals surface area contributed by atoms with Gasteiger partial charge in [0.15, 0.2) is 0 Å². The number of rotatable bonds is 10. The van der Waals surface area contributed by atoms with Crippen LogP contribution >= 0.6 is 0 Å². The molecule has 3 aromatic rings. The summed E-state index contributed by atoms with van der Waals surface area (Å²) < 4.78 is 12.3. The Morgan fingerprint density at radius 2 is 1.53 bits per heavy atom. The number of hydrogen-bond donors (Lipinski definition) is 1. The van der Waals surface area contributed by atoms with E-state index in [2.05, 4.69) is 29.2 Å². The minimum absolute atomic E-state index is 0.0424. The van der Waals surface area contributed by atoms with E-state index in [0.29, 0.717) is 6.54 Å². The van der Waals surface area contributed by atoms with Crippen molar-refractivity contribution in [2.24, 2.45) is 7.05 Å². The molecule has 2 aromatic carbocycles. The van der Waals surface area contributed by atoms with Crippen LogP contribution < -0.4 is 14.8 Å². The van der Waals surface area contributed by atoms with Crippen LogP contribution in [0.25, 0.3) is 0 Å². The molecule has 170 valence electrons. The Balaban J connectivity index is 1.79. The van der Waals surface area contributed by atoms with Gasteiger partial charge in [-0.25, -0.2) is 0 Å². The maximum atomic E-state index is 13.1. The first-order chi connectivity index (χ1) is 15.4. The van der Waals surface area contributed by atoms with E-state index in [1.165, 1.54) is 0 Å². The van der Waals surface area contributed by atoms with Gasteiger partial charge < -0.3 is 14.8 Å². The molecule has 0 aliphatic rings. The molecule has 3 rings (SSSR count). The predicted molar refractivity (Wildman–Crippen MR) is 125 cm³/mol. The Morgan fingerprint density at radius 1 is 1.00 bits per heavy atom. The number of methoxy groups -OCH3 is 2. The van der Waals surface area contributed by atoms with E-state index in [0.717, 1.165) is 28.2 Å². The highest BCUT2D eigenvalue weighted by Crippen LogP contribution is 2.26. The third-order valence-corrected chi connectivity index (χ3v) is 5.42. The molecule has 0 fully saturated rings. The molecule has 0 bridgehead atoms. The Bertz CT molecular complexity index is 949. The first-order valence-corrected chi connectivity index (χ1v) is 10.7. The molecular weight excluding hydrogens is 404 g/mol. The molecule has 0 saturated heterocycles. The van der Waals surface area contributed by atoms with Gasteiger partial charge >= 0.3 is 0 Å². The number of ether oxygens (including phenoxy) is 2. The largest absolute Gasteiger partial charge is 0.497 e. The van der Waals surface area contributed by atoms with Crippen molar-refractivity contribution in [1.29, 1.82) is 0 Å². The summed E-state index contributed by atoms with van der Waals surface area (Å²) in [6.45, 7) is 5.13. The van der Waals surface area contributed by atoms with Gasteiger partial charge in [0, 0.05) is 31.4 Å². The number of hydrogen-bond acceptors (Lipinski definition) is 5. The molecule has 0 unspecified atom stereocenters. The molecule has 1 amide bonds. The molecule has 7 heteroatoms. The fourth-order valence-corrected chi connectivity index (χ4v) is 3.55. The Labute approximate surface area is 190 Å². The summed E-state index contributed by atoms with van der Waals surface area (Å²) in [6.07, 6.45) is 3.82. The molecule has 1 N–H and O–H groups in total. The van der Waals surface area contributed by atoms with Crippen LogP contribution in [0, 0.1) is 0 Å². The first-order valence-electron chi connectivity index (χ1n) is 10.7. The van der Waals surface area contributed by atoms with E-state index >= 15 is 0 Å². The fraction of sp³-hybridized carbons (Fsp3) is 0.360. The number of carbonyl (C=O) groups excluding carboxylic acids is 1. The van der Waals surface area contributed by atoms with Crippen LogP contribution in [0.1, 0.15) is 36.6 Å². The Morgan fingerprint density at radius 3 is 1.94 bits per heavy atom. The second-order valence-corrected chi connectivity index (χ2v) is 8.07. The molecule has 32 heavy (non-hydrogen) atoms. The maximum Gasteiger partial charge on any atom is 0.234 e. The summed E-state index contributed by atoms with van der Waals surface area (Å²) in [5, 5.41) is 7.45. The smallest absolute Gasteiger partial charge is 0.234 e. The van der Waals surface area contributed by atoms with Crippen LogP contribution in [0.15, 0.2) is 60.9 Å². The van der Waals surface area contributed by atoms with Crippen molar-refractivity contribution in [3.05, 3.63) is 77.6 Å². The molecule has 7 nitrogen and oxygen atoms in total. The number of amides is 1. The second-order valence-electron chi connectivity index (χ2n) is 8.07. The average Bonchev–Trinajstić information content (AvgIpc) is 3.21. The summed E-state index contributed by atoms with van der Waals surface area (Å²) in [5.74, 6) is 1.51. The van der Waals surface area contributed by atoms with Crippen LogP contribution in [0.2, 0.25) is 0 Å². The highest BCUT2D eigenvalue weighted by Gasteiger charge is 2.21. The molecule has 0 spiro atoms. The van der Waals surface area contributed by atoms with Gasteiger partial charge in [-0.3, -0.25) is 14.4 Å². The van der Waals surface area contributed by atoms with E-state index in [4.69, 9.17) is 9.47 Å². The summed E-state index contributed by atoms with van der Waals surface area (Å²) in [7, 11) is 5.17. The van der Waals surface area contributed by atoms with Crippen molar-refractivity contribution in [2.45, 2.75) is 32.5 Å². The highest BCUT2D eigenvalue weighted by molar-refractivity contribution is 5.79. The molecule has 1 aromatic heterocycles. The Kier molecular flexibility index (Phi) is 7.89. The molecule has 0 atom stereocenters. The average molecular weight is 437 g/mol. The zero-order valence-electron chi connectivity index (χ0n) is 19.4. The normalized spacial score (nSPS) is 11.2. The summed E-state index contributed by atoms with van der Waals surface area (Å²) in [5.41, 5.74) is 3.04. The predicted octanol–water partition coefficient (Wildman–Crippen LogP) is 3.55. The molecule has 0 radical (unpaired) electrons. The first kappa shape index (κ1) is 23.3. The number of benzene rings is 2. The lowest BCUT2D eigenvalue weighted by Crippen LogP contribution is -2.41. The lowest BCUT2D eigenvalue weighted by molar-refractivity contribution is -0.123. The highest BCUT2D eigenvalue weighted by atomic mass is 16.5. The quantitative estimate of drug-likeness (QED) is 0.526. The zero-order valence-corrected chi connectivity index (χ0v) is 19.4. The molecule has 0 aliphatic carbocycles. The SMILES string of the molecule is COc1ccc(C(NC(=O)CN(Cc2cnn(C)c2)C(C)C)c2ccc(OC)cc2)cc1. The lowest BCUT2D eigenvalue weighted by Gasteiger charge is -2.27. The van der Waals surface area contributed by atoms with Gasteiger partial charge in [0.2, 0.25) is 5.91 Å². The van der Waals surface area contributed by atoms with Crippen LogP contribution in [-0.4, -0.2) is 47.4 Å². The topological polar surface area (TPSA) is 68.6 Å². The van der Waals surface area contributed by atoms with E-state index in [-0.39, 0.29) is 24.5 Å². The van der Waals surface area contributed by atoms with Crippen LogP contribution in [0.5, 0.6) is 11.5 Å². The summed E-state index contributed by atoms with van der Waals surface area (Å²) in [6, 6.07) is 15.4. The van der Waals surface area contributed by atoms with Crippen molar-refractivity contribution >= 4 is 5.91 Å². The monoisotopic (exact) mass is 436 g/mol. The van der Waals surface area contributed by atoms with Crippen molar-refractivity contribution in [1.82, 2.24) is 20.0 Å². The van der Waals surface area contributed by atoms with Crippen LogP contribution in [0.4, 0.5) is 0 Å². The van der Waals surface area contributed by atoms with Gasteiger partial charge in [0.05, 0.1) is 33.0 Å². The fourth-order valence-electron chi connectivity index (χ4n) is 3.55. The third-order valence-electron chi connectivity index (χ3n) is 5.42.